The molecule has 3 rings (SSSR count). The molecule has 1 aliphatic heterocycles. The summed E-state index contributed by atoms with van der Waals surface area (Å²) in [6.07, 6.45) is 5.04. The van der Waals surface area contributed by atoms with Gasteiger partial charge >= 0.3 is 0 Å². The standard InChI is InChI=1S/C18H21N3O/c22-18(7-6-16-4-2-1-3-5-16)21-14-12-20(13-15-21)17-8-10-19-11-9-17/h1-5,8-11H,6-7,12-15H2. The van der Waals surface area contributed by atoms with E-state index >= 15 is 0 Å². The molecule has 0 radical (unpaired) electrons. The van der Waals surface area contributed by atoms with E-state index < -0.39 is 0 Å². The first-order valence-electron chi connectivity index (χ1n) is 7.79. The lowest BCUT2D eigenvalue weighted by atomic mass is 10.1. The van der Waals surface area contributed by atoms with Crippen LogP contribution in [-0.4, -0.2) is 42.0 Å². The first-order valence-corrected chi connectivity index (χ1v) is 7.79. The van der Waals surface area contributed by atoms with Crippen molar-refractivity contribution in [3.05, 3.63) is 60.4 Å². The number of pyridine rings is 1. The summed E-state index contributed by atoms with van der Waals surface area (Å²) in [5.41, 5.74) is 2.41. The van der Waals surface area contributed by atoms with Crippen molar-refractivity contribution in [2.24, 2.45) is 0 Å². The Hall–Kier alpha value is -2.36. The summed E-state index contributed by atoms with van der Waals surface area (Å²) in [7, 11) is 0. The van der Waals surface area contributed by atoms with E-state index in [-0.39, 0.29) is 5.91 Å². The van der Waals surface area contributed by atoms with Crippen molar-refractivity contribution < 1.29 is 4.79 Å². The number of rotatable bonds is 4. The number of piperazine rings is 1. The summed E-state index contributed by atoms with van der Waals surface area (Å²) in [6.45, 7) is 3.38. The maximum atomic E-state index is 12.3. The lowest BCUT2D eigenvalue weighted by Gasteiger charge is -2.36. The molecule has 1 fully saturated rings. The van der Waals surface area contributed by atoms with Crippen molar-refractivity contribution in [1.82, 2.24) is 9.88 Å². The molecule has 1 aromatic carbocycles. The highest BCUT2D eigenvalue weighted by molar-refractivity contribution is 5.76. The van der Waals surface area contributed by atoms with Crippen LogP contribution in [-0.2, 0) is 11.2 Å². The monoisotopic (exact) mass is 295 g/mol. The van der Waals surface area contributed by atoms with Gasteiger partial charge in [-0.2, -0.15) is 0 Å². The van der Waals surface area contributed by atoms with E-state index in [1.54, 1.807) is 0 Å². The molecule has 0 bridgehead atoms. The maximum absolute atomic E-state index is 12.3. The Labute approximate surface area is 131 Å². The molecule has 0 unspecified atom stereocenters. The molecular formula is C18H21N3O. The Morgan fingerprint density at radius 2 is 1.64 bits per heavy atom. The van der Waals surface area contributed by atoms with Crippen LogP contribution in [0.4, 0.5) is 5.69 Å². The van der Waals surface area contributed by atoms with Gasteiger partial charge in [-0.15, -0.1) is 0 Å². The predicted octanol–water partition coefficient (Wildman–Crippen LogP) is 2.36. The average Bonchev–Trinajstić information content (AvgIpc) is 2.61. The molecule has 1 aromatic heterocycles. The molecule has 2 aromatic rings. The van der Waals surface area contributed by atoms with Crippen LogP contribution in [0.2, 0.25) is 0 Å². The van der Waals surface area contributed by atoms with Crippen LogP contribution in [0.3, 0.4) is 0 Å². The second kappa shape index (κ2) is 7.07. The second-order valence-electron chi connectivity index (χ2n) is 5.56. The minimum Gasteiger partial charge on any atom is -0.368 e. The highest BCUT2D eigenvalue weighted by Gasteiger charge is 2.20. The van der Waals surface area contributed by atoms with Gasteiger partial charge in [0, 0.05) is 50.7 Å². The molecule has 114 valence electrons. The van der Waals surface area contributed by atoms with E-state index in [0.717, 1.165) is 32.6 Å². The average molecular weight is 295 g/mol. The van der Waals surface area contributed by atoms with Crippen molar-refractivity contribution in [2.45, 2.75) is 12.8 Å². The van der Waals surface area contributed by atoms with Crippen molar-refractivity contribution in [3.8, 4) is 0 Å². The van der Waals surface area contributed by atoms with Crippen molar-refractivity contribution in [2.75, 3.05) is 31.1 Å². The molecule has 0 N–H and O–H groups in total. The zero-order valence-electron chi connectivity index (χ0n) is 12.7. The number of nitrogens with zero attached hydrogens (tertiary/aromatic N) is 3. The summed E-state index contributed by atoms with van der Waals surface area (Å²) in [5.74, 6) is 0.262. The van der Waals surface area contributed by atoms with Crippen LogP contribution >= 0.6 is 0 Å². The van der Waals surface area contributed by atoms with E-state index in [9.17, 15) is 4.79 Å². The normalized spacial score (nSPS) is 14.9. The van der Waals surface area contributed by atoms with Gasteiger partial charge < -0.3 is 9.80 Å². The molecule has 22 heavy (non-hydrogen) atoms. The van der Waals surface area contributed by atoms with Crippen LogP contribution < -0.4 is 4.90 Å². The Morgan fingerprint density at radius 1 is 0.955 bits per heavy atom. The fraction of sp³-hybridized carbons (Fsp3) is 0.333. The lowest BCUT2D eigenvalue weighted by molar-refractivity contribution is -0.131. The number of carbonyl (C=O) groups excluding carboxylic acids is 1. The van der Waals surface area contributed by atoms with Gasteiger partial charge in [-0.3, -0.25) is 9.78 Å². The number of amides is 1. The molecule has 1 saturated heterocycles. The SMILES string of the molecule is O=C(CCc1ccccc1)N1CCN(c2ccncc2)CC1. The zero-order chi connectivity index (χ0) is 15.2. The number of anilines is 1. The van der Waals surface area contributed by atoms with E-state index in [1.807, 2.05) is 47.6 Å². The molecule has 1 aliphatic rings. The number of carbonyl (C=O) groups is 1. The van der Waals surface area contributed by atoms with Crippen molar-refractivity contribution in [3.63, 3.8) is 0 Å². The Bertz CT molecular complexity index is 592. The summed E-state index contributed by atoms with van der Waals surface area (Å²) in [5, 5.41) is 0. The van der Waals surface area contributed by atoms with Crippen LogP contribution in [0.1, 0.15) is 12.0 Å². The number of aryl methyl sites for hydroxylation is 1. The smallest absolute Gasteiger partial charge is 0.223 e. The number of hydrogen-bond acceptors (Lipinski definition) is 3. The van der Waals surface area contributed by atoms with Crippen molar-refractivity contribution >= 4 is 11.6 Å². The van der Waals surface area contributed by atoms with Crippen LogP contribution in [0.25, 0.3) is 0 Å². The fourth-order valence-corrected chi connectivity index (χ4v) is 2.82. The molecule has 0 spiro atoms. The highest BCUT2D eigenvalue weighted by Crippen LogP contribution is 2.15. The maximum Gasteiger partial charge on any atom is 0.223 e. The highest BCUT2D eigenvalue weighted by atomic mass is 16.2. The van der Waals surface area contributed by atoms with E-state index in [2.05, 4.69) is 22.0 Å². The van der Waals surface area contributed by atoms with Gasteiger partial charge in [-0.25, -0.2) is 0 Å². The van der Waals surface area contributed by atoms with Gasteiger partial charge in [-0.1, -0.05) is 30.3 Å². The fourth-order valence-electron chi connectivity index (χ4n) is 2.82. The van der Waals surface area contributed by atoms with Crippen LogP contribution in [0.15, 0.2) is 54.9 Å². The third-order valence-electron chi connectivity index (χ3n) is 4.13. The van der Waals surface area contributed by atoms with Crippen LogP contribution in [0.5, 0.6) is 0 Å². The summed E-state index contributed by atoms with van der Waals surface area (Å²) in [4.78, 5) is 20.7. The molecule has 0 aliphatic carbocycles. The number of aromatic nitrogens is 1. The summed E-state index contributed by atoms with van der Waals surface area (Å²) >= 11 is 0. The minimum absolute atomic E-state index is 0.262. The minimum atomic E-state index is 0.262. The third kappa shape index (κ3) is 3.64. The third-order valence-corrected chi connectivity index (χ3v) is 4.13. The van der Waals surface area contributed by atoms with Crippen LogP contribution in [0, 0.1) is 0 Å². The van der Waals surface area contributed by atoms with Gasteiger partial charge in [-0.05, 0) is 24.1 Å². The van der Waals surface area contributed by atoms with E-state index in [0.29, 0.717) is 6.42 Å². The molecular weight excluding hydrogens is 274 g/mol. The lowest BCUT2D eigenvalue weighted by Crippen LogP contribution is -2.48. The summed E-state index contributed by atoms with van der Waals surface area (Å²) in [6, 6.07) is 14.2. The first kappa shape index (κ1) is 14.6. The van der Waals surface area contributed by atoms with Gasteiger partial charge in [0.2, 0.25) is 5.91 Å². The first-order chi connectivity index (χ1) is 10.8. The second-order valence-corrected chi connectivity index (χ2v) is 5.56. The topological polar surface area (TPSA) is 36.4 Å². The van der Waals surface area contributed by atoms with Crippen molar-refractivity contribution in [1.29, 1.82) is 0 Å². The quantitative estimate of drug-likeness (QED) is 0.869. The predicted molar refractivity (Wildman–Crippen MR) is 87.8 cm³/mol. The summed E-state index contributed by atoms with van der Waals surface area (Å²) < 4.78 is 0. The molecule has 4 nitrogen and oxygen atoms in total. The van der Waals surface area contributed by atoms with Gasteiger partial charge in [0.05, 0.1) is 0 Å². The zero-order valence-corrected chi connectivity index (χ0v) is 12.7. The van der Waals surface area contributed by atoms with Gasteiger partial charge in [0.25, 0.3) is 0 Å². The molecule has 4 heteroatoms. The van der Waals surface area contributed by atoms with Gasteiger partial charge in [0.15, 0.2) is 0 Å². The van der Waals surface area contributed by atoms with E-state index in [1.165, 1.54) is 11.3 Å². The Kier molecular flexibility index (Phi) is 4.68. The Balaban J connectivity index is 1.48. The molecule has 2 heterocycles. The molecule has 1 amide bonds. The molecule has 0 atom stereocenters. The van der Waals surface area contributed by atoms with Gasteiger partial charge in [0.1, 0.15) is 0 Å². The molecule has 0 saturated carbocycles. The number of benzene rings is 1. The Morgan fingerprint density at radius 3 is 2.32 bits per heavy atom. The van der Waals surface area contributed by atoms with E-state index in [4.69, 9.17) is 0 Å². The largest absolute Gasteiger partial charge is 0.368 e. The number of hydrogen-bond donors (Lipinski definition) is 0.